The quantitative estimate of drug-likeness (QED) is 0.278. The van der Waals surface area contributed by atoms with Gasteiger partial charge in [0.2, 0.25) is 5.88 Å². The molecule has 37 heavy (non-hydrogen) atoms. The van der Waals surface area contributed by atoms with Crippen LogP contribution in [0.2, 0.25) is 0 Å². The van der Waals surface area contributed by atoms with Crippen molar-refractivity contribution >= 4 is 21.4 Å². The molecule has 2 aromatic carbocycles. The van der Waals surface area contributed by atoms with E-state index in [-0.39, 0.29) is 24.0 Å². The Kier molecular flexibility index (Phi) is 7.29. The van der Waals surface area contributed by atoms with Gasteiger partial charge in [-0.1, -0.05) is 23.7 Å². The van der Waals surface area contributed by atoms with E-state index in [1.807, 2.05) is 36.4 Å². The van der Waals surface area contributed by atoms with Crippen molar-refractivity contribution in [2.45, 2.75) is 25.4 Å². The van der Waals surface area contributed by atoms with Gasteiger partial charge in [0.15, 0.2) is 0 Å². The summed E-state index contributed by atoms with van der Waals surface area (Å²) in [5.41, 5.74) is 3.09. The average Bonchev–Trinajstić information content (AvgIpc) is 3.50. The number of sulfone groups is 1. The number of H-pyrrole nitrogens is 1. The molecule has 1 aliphatic carbocycles. The van der Waals surface area contributed by atoms with Gasteiger partial charge < -0.3 is 14.2 Å². The number of nitrogens with zero attached hydrogens (tertiary/aromatic N) is 1. The number of pyridine rings is 1. The Bertz CT molecular complexity index is 1530. The van der Waals surface area contributed by atoms with Crippen LogP contribution < -0.4 is 19.8 Å². The molecule has 0 bridgehead atoms. The zero-order valence-corrected chi connectivity index (χ0v) is 21.8. The van der Waals surface area contributed by atoms with Gasteiger partial charge in [0.05, 0.1) is 23.4 Å². The highest BCUT2D eigenvalue weighted by atomic mass is 32.2. The fourth-order valence-electron chi connectivity index (χ4n) is 4.23. The lowest BCUT2D eigenvalue weighted by Crippen LogP contribution is -2.08. The lowest BCUT2D eigenvalue weighted by atomic mass is 10.1. The van der Waals surface area contributed by atoms with Crippen molar-refractivity contribution < 1.29 is 22.6 Å². The molecule has 0 radical (unpaired) electrons. The van der Waals surface area contributed by atoms with E-state index in [0.717, 1.165) is 45.9 Å². The molecule has 5 rings (SSSR count). The molecule has 1 aliphatic rings. The van der Waals surface area contributed by atoms with Crippen molar-refractivity contribution in [3.8, 4) is 33.6 Å². The molecule has 1 N–H and O–H groups in total. The Labute approximate surface area is 218 Å². The molecule has 0 fully saturated rings. The van der Waals surface area contributed by atoms with Crippen LogP contribution in [0.1, 0.15) is 30.1 Å². The molecule has 0 saturated heterocycles. The Morgan fingerprint density at radius 2 is 1.89 bits per heavy atom. The fourth-order valence-corrected chi connectivity index (χ4v) is 5.56. The minimum Gasteiger partial charge on any atom is -0.486 e. The average molecular weight is 539 g/mol. The van der Waals surface area contributed by atoms with Crippen LogP contribution in [0.3, 0.4) is 0 Å². The SMILES string of the molecule is CS(=O)(=O)CCCOc1ccc(Oc2cccc3c2CC[C@H]3Oc2ccc(-c3cc(=O)[nH]s3)cc2)cn1. The molecule has 2 heterocycles. The normalized spacial score (nSPS) is 14.8. The summed E-state index contributed by atoms with van der Waals surface area (Å²) in [5.74, 6) is 2.63. The summed E-state index contributed by atoms with van der Waals surface area (Å²) >= 11 is 1.32. The van der Waals surface area contributed by atoms with Gasteiger partial charge in [-0.05, 0) is 66.8 Å². The van der Waals surface area contributed by atoms with Crippen LogP contribution in [0.5, 0.6) is 23.1 Å². The molecule has 2 aromatic heterocycles. The Hall–Kier alpha value is -3.63. The Balaban J connectivity index is 1.21. The van der Waals surface area contributed by atoms with Crippen LogP contribution in [0, 0.1) is 0 Å². The standard InChI is InChI=1S/C27H26N2O6S2/c1-37(31,32)15-3-14-33-27-13-10-20(17-28-27)35-23-5-2-4-21-22(23)11-12-24(21)34-19-8-6-18(7-9-19)25-16-26(30)29-36-25/h2,4-10,13,16-17,24H,3,11-12,14-15H2,1H3,(H,29,30)/t24-/m1/s1. The van der Waals surface area contributed by atoms with Crippen molar-refractivity contribution in [1.29, 1.82) is 0 Å². The van der Waals surface area contributed by atoms with Crippen LogP contribution in [0.4, 0.5) is 0 Å². The molecule has 8 nitrogen and oxygen atoms in total. The summed E-state index contributed by atoms with van der Waals surface area (Å²) in [7, 11) is -3.00. The van der Waals surface area contributed by atoms with E-state index in [4.69, 9.17) is 14.2 Å². The molecule has 0 spiro atoms. The van der Waals surface area contributed by atoms with Crippen molar-refractivity contribution in [2.75, 3.05) is 18.6 Å². The molecular formula is C27H26N2O6S2. The second-order valence-electron chi connectivity index (χ2n) is 8.84. The molecule has 0 amide bonds. The number of fused-ring (bicyclic) bond motifs is 1. The van der Waals surface area contributed by atoms with Crippen LogP contribution in [-0.2, 0) is 16.3 Å². The molecule has 0 unspecified atom stereocenters. The number of nitrogens with one attached hydrogen (secondary N) is 1. The Morgan fingerprint density at radius 3 is 2.59 bits per heavy atom. The summed E-state index contributed by atoms with van der Waals surface area (Å²) in [5, 5.41) is 0. The van der Waals surface area contributed by atoms with Crippen molar-refractivity contribution in [1.82, 2.24) is 9.36 Å². The molecule has 1 atom stereocenters. The highest BCUT2D eigenvalue weighted by molar-refractivity contribution is 7.90. The monoisotopic (exact) mass is 538 g/mol. The third-order valence-corrected chi connectivity index (χ3v) is 7.87. The summed E-state index contributed by atoms with van der Waals surface area (Å²) in [6, 6.07) is 18.8. The number of hydrogen-bond acceptors (Lipinski definition) is 8. The molecular weight excluding hydrogens is 512 g/mol. The zero-order chi connectivity index (χ0) is 25.8. The van der Waals surface area contributed by atoms with Gasteiger partial charge in [0, 0.05) is 24.0 Å². The first-order valence-electron chi connectivity index (χ1n) is 11.9. The largest absolute Gasteiger partial charge is 0.486 e. The number of aromatic amines is 1. The Morgan fingerprint density at radius 1 is 1.08 bits per heavy atom. The maximum Gasteiger partial charge on any atom is 0.258 e. The highest BCUT2D eigenvalue weighted by Crippen LogP contribution is 2.41. The van der Waals surface area contributed by atoms with E-state index in [2.05, 4.69) is 15.4 Å². The van der Waals surface area contributed by atoms with Crippen molar-refractivity contribution in [2.24, 2.45) is 0 Å². The first kappa shape index (κ1) is 25.0. The highest BCUT2D eigenvalue weighted by Gasteiger charge is 2.27. The van der Waals surface area contributed by atoms with Gasteiger partial charge in [-0.15, -0.1) is 0 Å². The number of aromatic nitrogens is 2. The lowest BCUT2D eigenvalue weighted by molar-refractivity contribution is 0.207. The second-order valence-corrected chi connectivity index (χ2v) is 11.9. The molecule has 192 valence electrons. The minimum absolute atomic E-state index is 0.0754. The van der Waals surface area contributed by atoms with Crippen LogP contribution in [0.15, 0.2) is 71.7 Å². The second kappa shape index (κ2) is 10.8. The molecule has 10 heteroatoms. The van der Waals surface area contributed by atoms with Crippen LogP contribution in [0.25, 0.3) is 10.4 Å². The summed E-state index contributed by atoms with van der Waals surface area (Å²) in [6.07, 6.45) is 4.82. The maximum absolute atomic E-state index is 11.4. The van der Waals surface area contributed by atoms with Gasteiger partial charge in [-0.25, -0.2) is 13.4 Å². The summed E-state index contributed by atoms with van der Waals surface area (Å²) in [4.78, 5) is 16.6. The van der Waals surface area contributed by atoms with Gasteiger partial charge in [-0.3, -0.25) is 9.17 Å². The number of benzene rings is 2. The number of ether oxygens (including phenoxy) is 3. The number of rotatable bonds is 10. The number of hydrogen-bond donors (Lipinski definition) is 1. The van der Waals surface area contributed by atoms with E-state index in [1.54, 1.807) is 24.4 Å². The summed E-state index contributed by atoms with van der Waals surface area (Å²) in [6.45, 7) is 0.282. The topological polar surface area (TPSA) is 108 Å². The van der Waals surface area contributed by atoms with Crippen LogP contribution >= 0.6 is 11.5 Å². The molecule has 4 aromatic rings. The zero-order valence-electron chi connectivity index (χ0n) is 20.2. The lowest BCUT2D eigenvalue weighted by Gasteiger charge is -2.16. The van der Waals surface area contributed by atoms with E-state index in [1.165, 1.54) is 17.8 Å². The smallest absolute Gasteiger partial charge is 0.258 e. The first-order chi connectivity index (χ1) is 17.8. The third-order valence-electron chi connectivity index (χ3n) is 5.96. The minimum atomic E-state index is -3.00. The molecule has 0 saturated carbocycles. The van der Waals surface area contributed by atoms with E-state index >= 15 is 0 Å². The predicted molar refractivity (Wildman–Crippen MR) is 143 cm³/mol. The molecule has 0 aliphatic heterocycles. The van der Waals surface area contributed by atoms with E-state index < -0.39 is 9.84 Å². The van der Waals surface area contributed by atoms with Gasteiger partial charge in [-0.2, -0.15) is 0 Å². The van der Waals surface area contributed by atoms with E-state index in [9.17, 15) is 13.2 Å². The predicted octanol–water partition coefficient (Wildman–Crippen LogP) is 5.17. The van der Waals surface area contributed by atoms with Gasteiger partial charge in [0.25, 0.3) is 5.56 Å². The summed E-state index contributed by atoms with van der Waals surface area (Å²) < 4.78 is 43.1. The first-order valence-corrected chi connectivity index (χ1v) is 14.7. The third kappa shape index (κ3) is 6.39. The van der Waals surface area contributed by atoms with Crippen LogP contribution in [-0.4, -0.2) is 36.4 Å². The van der Waals surface area contributed by atoms with Gasteiger partial charge in [0.1, 0.15) is 33.2 Å². The van der Waals surface area contributed by atoms with Crippen molar-refractivity contribution in [3.63, 3.8) is 0 Å². The van der Waals surface area contributed by atoms with Gasteiger partial charge >= 0.3 is 0 Å². The fraction of sp³-hybridized carbons (Fsp3) is 0.259. The van der Waals surface area contributed by atoms with Crippen molar-refractivity contribution in [3.05, 3.63) is 88.3 Å². The maximum atomic E-state index is 11.4. The van der Waals surface area contributed by atoms with E-state index in [0.29, 0.717) is 18.1 Å².